The van der Waals surface area contributed by atoms with E-state index in [2.05, 4.69) is 5.32 Å². The van der Waals surface area contributed by atoms with Crippen molar-refractivity contribution < 1.29 is 27.5 Å². The molecule has 1 N–H and O–H groups in total. The fraction of sp³-hybridized carbons (Fsp3) is 0.500. The molecule has 1 aliphatic heterocycles. The standard InChI is InChI=1S/C28H35Cl2N3O6S/c1-19(28(35)31-21-6-3-4-7-21)32(18-20-9-11-23(29)24(30)16-20)27(34)8-5-13-33(40(2,36)37)22-10-12-25-26(17-22)39-15-14-38-25/h9-12,16-17,19,21H,3-8,13-15,18H2,1-2H3,(H,31,35)/t19-/m0/s1. The Morgan fingerprint density at radius 3 is 2.40 bits per heavy atom. The second-order valence-corrected chi connectivity index (χ2v) is 12.9. The van der Waals surface area contributed by atoms with Crippen LogP contribution in [0.3, 0.4) is 0 Å². The first-order valence-corrected chi connectivity index (χ1v) is 16.0. The number of nitrogens with zero attached hydrogens (tertiary/aromatic N) is 2. The van der Waals surface area contributed by atoms with Gasteiger partial charge in [-0.05, 0) is 56.0 Å². The third-order valence-corrected chi connectivity index (χ3v) is 9.10. The van der Waals surface area contributed by atoms with E-state index < -0.39 is 16.1 Å². The summed E-state index contributed by atoms with van der Waals surface area (Å²) >= 11 is 12.3. The van der Waals surface area contributed by atoms with Crippen LogP contribution in [0.25, 0.3) is 0 Å². The molecule has 2 aliphatic rings. The molecule has 0 spiro atoms. The maximum Gasteiger partial charge on any atom is 0.242 e. The smallest absolute Gasteiger partial charge is 0.242 e. The Balaban J connectivity index is 1.47. The van der Waals surface area contributed by atoms with Gasteiger partial charge in [0.2, 0.25) is 21.8 Å². The molecule has 0 bridgehead atoms. The predicted octanol–water partition coefficient (Wildman–Crippen LogP) is 4.79. The van der Waals surface area contributed by atoms with Crippen LogP contribution in [0.5, 0.6) is 11.5 Å². The molecule has 9 nitrogen and oxygen atoms in total. The number of carbonyl (C=O) groups excluding carboxylic acids is 2. The van der Waals surface area contributed by atoms with Crippen LogP contribution in [0.15, 0.2) is 36.4 Å². The lowest BCUT2D eigenvalue weighted by atomic mass is 10.1. The lowest BCUT2D eigenvalue weighted by molar-refractivity contribution is -0.141. The Labute approximate surface area is 245 Å². The normalized spacial score (nSPS) is 15.9. The van der Waals surface area contributed by atoms with Gasteiger partial charge in [0.1, 0.15) is 19.3 Å². The van der Waals surface area contributed by atoms with E-state index in [1.54, 1.807) is 43.3 Å². The third-order valence-electron chi connectivity index (χ3n) is 7.17. The summed E-state index contributed by atoms with van der Waals surface area (Å²) in [5.41, 5.74) is 1.16. The van der Waals surface area contributed by atoms with Crippen molar-refractivity contribution in [3.63, 3.8) is 0 Å². The SMILES string of the molecule is C[C@@H](C(=O)NC1CCCC1)N(Cc1ccc(Cl)c(Cl)c1)C(=O)CCCN(c1ccc2c(c1)OCCO2)S(C)(=O)=O. The Hall–Kier alpha value is -2.69. The Morgan fingerprint density at radius 1 is 1.02 bits per heavy atom. The van der Waals surface area contributed by atoms with E-state index in [-0.39, 0.29) is 43.8 Å². The number of anilines is 1. The fourth-order valence-corrected chi connectivity index (χ4v) is 6.28. The topological polar surface area (TPSA) is 105 Å². The highest BCUT2D eigenvalue weighted by molar-refractivity contribution is 7.92. The largest absolute Gasteiger partial charge is 0.486 e. The Morgan fingerprint density at radius 2 is 1.73 bits per heavy atom. The molecular formula is C28H35Cl2N3O6S. The van der Waals surface area contributed by atoms with Crippen molar-refractivity contribution in [1.82, 2.24) is 10.2 Å². The van der Waals surface area contributed by atoms with Gasteiger partial charge in [-0.3, -0.25) is 13.9 Å². The number of amides is 2. The number of benzene rings is 2. The van der Waals surface area contributed by atoms with Gasteiger partial charge in [0.05, 0.1) is 22.0 Å². The lowest BCUT2D eigenvalue weighted by Gasteiger charge is -2.30. The zero-order chi connectivity index (χ0) is 28.9. The molecule has 0 aromatic heterocycles. The van der Waals surface area contributed by atoms with Gasteiger partial charge in [-0.15, -0.1) is 0 Å². The highest BCUT2D eigenvalue weighted by atomic mass is 35.5. The molecule has 2 aromatic rings. The van der Waals surface area contributed by atoms with Crippen molar-refractivity contribution in [2.75, 3.05) is 30.3 Å². The zero-order valence-electron chi connectivity index (χ0n) is 22.7. The number of nitrogens with one attached hydrogen (secondary N) is 1. The van der Waals surface area contributed by atoms with E-state index in [1.807, 2.05) is 0 Å². The Bertz CT molecular complexity index is 1330. The summed E-state index contributed by atoms with van der Waals surface area (Å²) in [6.45, 7) is 2.75. The van der Waals surface area contributed by atoms with Crippen LogP contribution in [0.1, 0.15) is 51.0 Å². The first-order chi connectivity index (χ1) is 19.0. The van der Waals surface area contributed by atoms with Gasteiger partial charge in [0.25, 0.3) is 0 Å². The second-order valence-electron chi connectivity index (χ2n) is 10.2. The number of halogens is 2. The summed E-state index contributed by atoms with van der Waals surface area (Å²) in [5, 5.41) is 3.83. The molecule has 0 unspecified atom stereocenters. The number of sulfonamides is 1. The minimum atomic E-state index is -3.64. The van der Waals surface area contributed by atoms with Crippen molar-refractivity contribution in [3.05, 3.63) is 52.0 Å². The van der Waals surface area contributed by atoms with E-state index in [1.165, 1.54) is 9.21 Å². The van der Waals surface area contributed by atoms with Gasteiger partial charge in [-0.1, -0.05) is 42.1 Å². The summed E-state index contributed by atoms with van der Waals surface area (Å²) in [4.78, 5) is 28.1. The van der Waals surface area contributed by atoms with Crippen molar-refractivity contribution >= 4 is 50.7 Å². The van der Waals surface area contributed by atoms with E-state index in [4.69, 9.17) is 32.7 Å². The van der Waals surface area contributed by atoms with Crippen LogP contribution in [-0.2, 0) is 26.2 Å². The van der Waals surface area contributed by atoms with Crippen LogP contribution in [-0.4, -0.2) is 63.2 Å². The maximum atomic E-state index is 13.5. The van der Waals surface area contributed by atoms with Crippen LogP contribution in [0.4, 0.5) is 5.69 Å². The van der Waals surface area contributed by atoms with Gasteiger partial charge in [0.15, 0.2) is 11.5 Å². The van der Waals surface area contributed by atoms with Crippen LogP contribution in [0.2, 0.25) is 10.0 Å². The van der Waals surface area contributed by atoms with Crippen molar-refractivity contribution in [1.29, 1.82) is 0 Å². The van der Waals surface area contributed by atoms with Crippen LogP contribution < -0.4 is 19.1 Å². The second kappa shape index (κ2) is 13.3. The summed E-state index contributed by atoms with van der Waals surface area (Å²) < 4.78 is 37.7. The van der Waals surface area contributed by atoms with Gasteiger partial charge in [0, 0.05) is 31.6 Å². The molecule has 12 heteroatoms. The predicted molar refractivity (Wildman–Crippen MR) is 156 cm³/mol. The zero-order valence-corrected chi connectivity index (χ0v) is 25.0. The van der Waals surface area contributed by atoms with E-state index in [0.717, 1.165) is 37.5 Å². The summed E-state index contributed by atoms with van der Waals surface area (Å²) in [6, 6.07) is 9.45. The van der Waals surface area contributed by atoms with Gasteiger partial charge in [-0.25, -0.2) is 8.42 Å². The van der Waals surface area contributed by atoms with Crippen molar-refractivity contribution in [2.24, 2.45) is 0 Å². The number of fused-ring (bicyclic) bond motifs is 1. The molecule has 0 radical (unpaired) electrons. The van der Waals surface area contributed by atoms with Crippen LogP contribution >= 0.6 is 23.2 Å². The minimum absolute atomic E-state index is 0.0406. The summed E-state index contributed by atoms with van der Waals surface area (Å²) in [7, 11) is -3.64. The maximum absolute atomic E-state index is 13.5. The molecule has 2 amide bonds. The molecule has 4 rings (SSSR count). The molecule has 40 heavy (non-hydrogen) atoms. The summed E-state index contributed by atoms with van der Waals surface area (Å²) in [6.07, 6.45) is 5.42. The molecular weight excluding hydrogens is 577 g/mol. The monoisotopic (exact) mass is 611 g/mol. The average molecular weight is 613 g/mol. The summed E-state index contributed by atoms with van der Waals surface area (Å²) in [5.74, 6) is 0.551. The van der Waals surface area contributed by atoms with Gasteiger partial charge in [-0.2, -0.15) is 0 Å². The first kappa shape index (κ1) is 30.3. The van der Waals surface area contributed by atoms with Gasteiger partial charge >= 0.3 is 0 Å². The number of ether oxygens (including phenoxy) is 2. The lowest BCUT2D eigenvalue weighted by Crippen LogP contribution is -2.49. The minimum Gasteiger partial charge on any atom is -0.486 e. The van der Waals surface area contributed by atoms with E-state index in [0.29, 0.717) is 40.4 Å². The molecule has 1 atom stereocenters. The van der Waals surface area contributed by atoms with Crippen LogP contribution in [0, 0.1) is 0 Å². The number of hydrogen-bond donors (Lipinski definition) is 1. The number of rotatable bonds is 11. The van der Waals surface area contributed by atoms with Crippen molar-refractivity contribution in [3.8, 4) is 11.5 Å². The molecule has 1 saturated carbocycles. The Kier molecular flexibility index (Phi) is 10.1. The highest BCUT2D eigenvalue weighted by Gasteiger charge is 2.29. The molecule has 1 heterocycles. The molecule has 218 valence electrons. The quantitative estimate of drug-likeness (QED) is 0.392. The highest BCUT2D eigenvalue weighted by Crippen LogP contribution is 2.35. The molecule has 1 fully saturated rings. The number of hydrogen-bond acceptors (Lipinski definition) is 6. The van der Waals surface area contributed by atoms with E-state index >= 15 is 0 Å². The number of carbonyl (C=O) groups is 2. The molecule has 0 saturated heterocycles. The van der Waals surface area contributed by atoms with E-state index in [9.17, 15) is 18.0 Å². The average Bonchev–Trinajstić information content (AvgIpc) is 3.43. The molecule has 1 aliphatic carbocycles. The first-order valence-electron chi connectivity index (χ1n) is 13.4. The third kappa shape index (κ3) is 7.73. The van der Waals surface area contributed by atoms with Gasteiger partial charge < -0.3 is 19.7 Å². The fourth-order valence-electron chi connectivity index (χ4n) is 5.00. The van der Waals surface area contributed by atoms with Crippen molar-refractivity contribution in [2.45, 2.75) is 64.1 Å². The molecule has 2 aromatic carbocycles.